The molecule has 0 amide bonds. The van der Waals surface area contributed by atoms with Gasteiger partial charge in [0, 0.05) is 15.2 Å². The number of phenolic OH excluding ortho intramolecular Hbond substituents is 1. The summed E-state index contributed by atoms with van der Waals surface area (Å²) >= 11 is 3.43. The van der Waals surface area contributed by atoms with Crippen LogP contribution in [0.15, 0.2) is 34.8 Å². The number of rotatable bonds is 1. The van der Waals surface area contributed by atoms with Crippen molar-refractivity contribution in [3.8, 4) is 11.5 Å². The molecule has 2 aromatic carbocycles. The molecular formula is C11H9BrO2. The monoisotopic (exact) mass is 252 g/mol. The lowest BCUT2D eigenvalue weighted by Crippen LogP contribution is -1.83. The predicted molar refractivity (Wildman–Crippen MR) is 59.9 cm³/mol. The van der Waals surface area contributed by atoms with Crippen molar-refractivity contribution in [1.82, 2.24) is 0 Å². The number of aromatic hydroxyl groups is 1. The molecule has 0 aliphatic carbocycles. The largest absolute Gasteiger partial charge is 0.507 e. The lowest BCUT2D eigenvalue weighted by atomic mass is 10.1. The van der Waals surface area contributed by atoms with Gasteiger partial charge in [-0.25, -0.2) is 0 Å². The molecule has 0 saturated carbocycles. The summed E-state index contributed by atoms with van der Waals surface area (Å²) in [5.41, 5.74) is 0. The Bertz CT molecular complexity index is 480. The van der Waals surface area contributed by atoms with E-state index in [2.05, 4.69) is 15.9 Å². The summed E-state index contributed by atoms with van der Waals surface area (Å²) in [4.78, 5) is 0. The quantitative estimate of drug-likeness (QED) is 0.844. The van der Waals surface area contributed by atoms with E-state index in [1.165, 1.54) is 0 Å². The van der Waals surface area contributed by atoms with Gasteiger partial charge in [-0.2, -0.15) is 0 Å². The lowest BCUT2D eigenvalue weighted by Gasteiger charge is -2.05. The first kappa shape index (κ1) is 9.34. The van der Waals surface area contributed by atoms with Crippen molar-refractivity contribution in [3.05, 3.63) is 34.8 Å². The molecule has 14 heavy (non-hydrogen) atoms. The van der Waals surface area contributed by atoms with Crippen LogP contribution < -0.4 is 4.74 Å². The number of hydrogen-bond acceptors (Lipinski definition) is 2. The minimum Gasteiger partial charge on any atom is -0.507 e. The van der Waals surface area contributed by atoms with Gasteiger partial charge in [0.15, 0.2) is 0 Å². The van der Waals surface area contributed by atoms with E-state index in [-0.39, 0.29) is 5.75 Å². The molecule has 0 aromatic heterocycles. The summed E-state index contributed by atoms with van der Waals surface area (Å²) in [5.74, 6) is 1.06. The molecule has 0 atom stereocenters. The van der Waals surface area contributed by atoms with Crippen LogP contribution >= 0.6 is 15.9 Å². The first-order valence-corrected chi connectivity index (χ1v) is 4.97. The fourth-order valence-electron chi connectivity index (χ4n) is 1.40. The van der Waals surface area contributed by atoms with Gasteiger partial charge in [0.25, 0.3) is 0 Å². The van der Waals surface area contributed by atoms with Crippen LogP contribution in [0.25, 0.3) is 10.8 Å². The zero-order valence-corrected chi connectivity index (χ0v) is 9.21. The Hall–Kier alpha value is -1.22. The number of halogens is 1. The van der Waals surface area contributed by atoms with Crippen molar-refractivity contribution in [1.29, 1.82) is 0 Å². The number of benzene rings is 2. The molecule has 0 unspecified atom stereocenters. The molecule has 2 rings (SSSR count). The van der Waals surface area contributed by atoms with Crippen LogP contribution in [0.4, 0.5) is 0 Å². The molecule has 0 aliphatic rings. The Morgan fingerprint density at radius 1 is 1.14 bits per heavy atom. The number of phenols is 1. The van der Waals surface area contributed by atoms with E-state index in [1.807, 2.05) is 24.3 Å². The highest BCUT2D eigenvalue weighted by Gasteiger charge is 2.04. The maximum Gasteiger partial charge on any atom is 0.123 e. The van der Waals surface area contributed by atoms with E-state index >= 15 is 0 Å². The second-order valence-corrected chi connectivity index (χ2v) is 3.83. The third-order valence-corrected chi connectivity index (χ3v) is 2.84. The van der Waals surface area contributed by atoms with Crippen molar-refractivity contribution in [2.45, 2.75) is 0 Å². The van der Waals surface area contributed by atoms with E-state index in [9.17, 15) is 5.11 Å². The second kappa shape index (κ2) is 3.50. The molecule has 0 fully saturated rings. The maximum atomic E-state index is 9.60. The fourth-order valence-corrected chi connectivity index (χ4v) is 1.86. The molecule has 0 radical (unpaired) electrons. The van der Waals surface area contributed by atoms with Gasteiger partial charge < -0.3 is 9.84 Å². The summed E-state index contributed by atoms with van der Waals surface area (Å²) in [5, 5.41) is 11.4. The van der Waals surface area contributed by atoms with Gasteiger partial charge in [0.2, 0.25) is 0 Å². The smallest absolute Gasteiger partial charge is 0.123 e. The highest BCUT2D eigenvalue weighted by atomic mass is 79.9. The van der Waals surface area contributed by atoms with Crippen molar-refractivity contribution >= 4 is 26.7 Å². The van der Waals surface area contributed by atoms with Gasteiger partial charge in [0.1, 0.15) is 11.5 Å². The summed E-state index contributed by atoms with van der Waals surface area (Å²) < 4.78 is 6.06. The normalized spacial score (nSPS) is 10.4. The van der Waals surface area contributed by atoms with Crippen molar-refractivity contribution in [3.63, 3.8) is 0 Å². The predicted octanol–water partition coefficient (Wildman–Crippen LogP) is 3.32. The van der Waals surface area contributed by atoms with Crippen LogP contribution in [0.2, 0.25) is 0 Å². The molecule has 2 aromatic rings. The number of methoxy groups -OCH3 is 1. The molecule has 2 nitrogen and oxygen atoms in total. The highest BCUT2D eigenvalue weighted by Crippen LogP contribution is 2.33. The van der Waals surface area contributed by atoms with Crippen LogP contribution in [-0.4, -0.2) is 12.2 Å². The average Bonchev–Trinajstić information content (AvgIpc) is 2.23. The number of fused-ring (bicyclic) bond motifs is 1. The Balaban J connectivity index is 2.80. The van der Waals surface area contributed by atoms with Gasteiger partial charge >= 0.3 is 0 Å². The highest BCUT2D eigenvalue weighted by molar-refractivity contribution is 9.10. The lowest BCUT2D eigenvalue weighted by molar-refractivity contribution is 0.415. The van der Waals surface area contributed by atoms with E-state index < -0.39 is 0 Å². The van der Waals surface area contributed by atoms with Crippen molar-refractivity contribution in [2.75, 3.05) is 7.11 Å². The molecule has 0 saturated heterocycles. The Morgan fingerprint density at radius 3 is 2.64 bits per heavy atom. The molecule has 0 aliphatic heterocycles. The minimum atomic E-state index is 0.283. The Kier molecular flexibility index (Phi) is 2.33. The van der Waals surface area contributed by atoms with Crippen LogP contribution in [0.5, 0.6) is 11.5 Å². The molecular weight excluding hydrogens is 244 g/mol. The van der Waals surface area contributed by atoms with E-state index in [0.29, 0.717) is 0 Å². The molecule has 0 heterocycles. The molecule has 0 bridgehead atoms. The zero-order valence-electron chi connectivity index (χ0n) is 7.62. The molecule has 1 N–H and O–H groups in total. The average molecular weight is 253 g/mol. The standard InChI is InChI=1S/C11H9BrO2/c1-14-7-2-3-8-9(6-7)10(12)4-5-11(8)13/h2-6,13H,1H3. The molecule has 0 spiro atoms. The number of hydrogen-bond donors (Lipinski definition) is 1. The second-order valence-electron chi connectivity index (χ2n) is 2.98. The van der Waals surface area contributed by atoms with Gasteiger partial charge in [-0.1, -0.05) is 15.9 Å². The summed E-state index contributed by atoms with van der Waals surface area (Å²) in [6.07, 6.45) is 0. The van der Waals surface area contributed by atoms with Crippen LogP contribution in [0.1, 0.15) is 0 Å². The SMILES string of the molecule is COc1ccc2c(O)ccc(Br)c2c1. The van der Waals surface area contributed by atoms with Crippen LogP contribution in [0.3, 0.4) is 0 Å². The van der Waals surface area contributed by atoms with E-state index in [1.54, 1.807) is 13.2 Å². The minimum absolute atomic E-state index is 0.283. The molecule has 3 heteroatoms. The van der Waals surface area contributed by atoms with E-state index in [0.717, 1.165) is 21.0 Å². The van der Waals surface area contributed by atoms with Crippen molar-refractivity contribution in [2.24, 2.45) is 0 Å². The van der Waals surface area contributed by atoms with Crippen molar-refractivity contribution < 1.29 is 9.84 Å². The first-order valence-electron chi connectivity index (χ1n) is 4.17. The van der Waals surface area contributed by atoms with E-state index in [4.69, 9.17) is 4.74 Å². The zero-order chi connectivity index (χ0) is 10.1. The first-order chi connectivity index (χ1) is 6.72. The van der Waals surface area contributed by atoms with Gasteiger partial charge in [-0.3, -0.25) is 0 Å². The summed E-state index contributed by atoms with van der Waals surface area (Å²) in [6.45, 7) is 0. The Morgan fingerprint density at radius 2 is 1.93 bits per heavy atom. The van der Waals surface area contributed by atoms with Crippen LogP contribution in [-0.2, 0) is 0 Å². The number of ether oxygens (including phenoxy) is 1. The topological polar surface area (TPSA) is 29.5 Å². The third kappa shape index (κ3) is 1.44. The van der Waals surface area contributed by atoms with Crippen LogP contribution in [0, 0.1) is 0 Å². The fraction of sp³-hybridized carbons (Fsp3) is 0.0909. The van der Waals surface area contributed by atoms with Gasteiger partial charge in [-0.15, -0.1) is 0 Å². The molecule has 72 valence electrons. The maximum absolute atomic E-state index is 9.60. The summed E-state index contributed by atoms with van der Waals surface area (Å²) in [7, 11) is 1.62. The third-order valence-electron chi connectivity index (χ3n) is 2.15. The summed E-state index contributed by atoms with van der Waals surface area (Å²) in [6, 6.07) is 9.04. The van der Waals surface area contributed by atoms with Gasteiger partial charge in [0.05, 0.1) is 7.11 Å². The Labute approximate surface area is 90.3 Å². The van der Waals surface area contributed by atoms with Gasteiger partial charge in [-0.05, 0) is 30.3 Å².